The zero-order valence-electron chi connectivity index (χ0n) is 14.2. The molecule has 3 heterocycles. The van der Waals surface area contributed by atoms with Gasteiger partial charge in [-0.3, -0.25) is 4.98 Å². The van der Waals surface area contributed by atoms with Crippen molar-refractivity contribution >= 4 is 10.0 Å². The number of methoxy groups -OCH3 is 1. The number of nitrogens with zero attached hydrogens (tertiary/aromatic N) is 4. The Balaban J connectivity index is 1.51. The number of hydrogen-bond acceptors (Lipinski definition) is 7. The van der Waals surface area contributed by atoms with E-state index in [2.05, 4.69) is 15.1 Å². The monoisotopic (exact) mass is 390 g/mol. The second-order valence-corrected chi connectivity index (χ2v) is 7.92. The quantitative estimate of drug-likeness (QED) is 0.658. The summed E-state index contributed by atoms with van der Waals surface area (Å²) in [6, 6.07) is 6.95. The molecule has 0 bridgehead atoms. The Morgan fingerprint density at radius 3 is 2.81 bits per heavy atom. The van der Waals surface area contributed by atoms with E-state index in [1.54, 1.807) is 24.5 Å². The molecule has 4 rings (SSSR count). The fourth-order valence-electron chi connectivity index (χ4n) is 2.80. The topological polar surface area (TPSA) is 98.4 Å². The minimum atomic E-state index is -3.89. The number of hydrogen-bond donors (Lipinski definition) is 0. The molecule has 27 heavy (non-hydrogen) atoms. The summed E-state index contributed by atoms with van der Waals surface area (Å²) in [5.41, 5.74) is 0.709. The molecule has 0 N–H and O–H groups in total. The predicted molar refractivity (Wildman–Crippen MR) is 92.0 cm³/mol. The average Bonchev–Trinajstić information content (AvgIpc) is 3.10. The Labute approximate surface area is 154 Å². The van der Waals surface area contributed by atoms with E-state index in [9.17, 15) is 12.8 Å². The molecule has 0 aliphatic carbocycles. The molecular weight excluding hydrogens is 375 g/mol. The van der Waals surface area contributed by atoms with Gasteiger partial charge in [0.05, 0.1) is 13.0 Å². The van der Waals surface area contributed by atoms with Crippen LogP contribution in [-0.2, 0) is 10.0 Å². The Morgan fingerprint density at radius 1 is 1.30 bits per heavy atom. The van der Waals surface area contributed by atoms with E-state index in [4.69, 9.17) is 9.26 Å². The molecule has 1 aliphatic heterocycles. The lowest BCUT2D eigenvalue weighted by Crippen LogP contribution is -2.48. The second kappa shape index (κ2) is 6.71. The first-order chi connectivity index (χ1) is 13.0. The third-order valence-electron chi connectivity index (χ3n) is 4.30. The molecule has 0 spiro atoms. The van der Waals surface area contributed by atoms with Gasteiger partial charge >= 0.3 is 0 Å². The highest BCUT2D eigenvalue weighted by Gasteiger charge is 2.41. The van der Waals surface area contributed by atoms with Crippen molar-refractivity contribution in [1.29, 1.82) is 0 Å². The standard InChI is InChI=1S/C17H15FN4O4S/c1-25-14-5-4-13(18)7-15(14)27(23,24)22-9-12(10-22)17-20-16(21-26-17)11-3-2-6-19-8-11/h2-8,12H,9-10H2,1H3. The van der Waals surface area contributed by atoms with E-state index < -0.39 is 15.8 Å². The Hall–Kier alpha value is -2.85. The third-order valence-corrected chi connectivity index (χ3v) is 6.16. The van der Waals surface area contributed by atoms with Crippen molar-refractivity contribution in [2.45, 2.75) is 10.8 Å². The van der Waals surface area contributed by atoms with Crippen LogP contribution in [0, 0.1) is 5.82 Å². The molecule has 1 saturated heterocycles. The fraction of sp³-hybridized carbons (Fsp3) is 0.235. The summed E-state index contributed by atoms with van der Waals surface area (Å²) < 4.78 is 50.6. The summed E-state index contributed by atoms with van der Waals surface area (Å²) in [4.78, 5) is 8.11. The first kappa shape index (κ1) is 17.6. The molecule has 1 fully saturated rings. The number of pyridine rings is 1. The highest BCUT2D eigenvalue weighted by molar-refractivity contribution is 7.89. The molecule has 0 amide bonds. The Morgan fingerprint density at radius 2 is 2.11 bits per heavy atom. The Bertz CT molecular complexity index is 1070. The van der Waals surface area contributed by atoms with Crippen molar-refractivity contribution in [3.63, 3.8) is 0 Å². The van der Waals surface area contributed by atoms with E-state index in [0.29, 0.717) is 17.3 Å². The van der Waals surface area contributed by atoms with Gasteiger partial charge in [-0.05, 0) is 30.3 Å². The summed E-state index contributed by atoms with van der Waals surface area (Å²) >= 11 is 0. The van der Waals surface area contributed by atoms with E-state index in [1.807, 2.05) is 0 Å². The molecule has 10 heteroatoms. The van der Waals surface area contributed by atoms with Crippen molar-refractivity contribution in [3.05, 3.63) is 54.4 Å². The summed E-state index contributed by atoms with van der Waals surface area (Å²) in [5, 5.41) is 3.91. The minimum Gasteiger partial charge on any atom is -0.495 e. The molecule has 140 valence electrons. The molecule has 0 atom stereocenters. The molecular formula is C17H15FN4O4S. The molecule has 1 aliphatic rings. The largest absolute Gasteiger partial charge is 0.495 e. The maximum Gasteiger partial charge on any atom is 0.246 e. The number of rotatable bonds is 5. The highest BCUT2D eigenvalue weighted by atomic mass is 32.2. The van der Waals surface area contributed by atoms with Gasteiger partial charge in [0.1, 0.15) is 16.5 Å². The number of benzene rings is 1. The van der Waals surface area contributed by atoms with E-state index in [-0.39, 0.29) is 29.7 Å². The molecule has 8 nitrogen and oxygen atoms in total. The SMILES string of the molecule is COc1ccc(F)cc1S(=O)(=O)N1CC(c2nc(-c3cccnc3)no2)C1. The van der Waals surface area contributed by atoms with Crippen LogP contribution in [-0.4, -0.2) is 48.0 Å². The van der Waals surface area contributed by atoms with Crippen LogP contribution < -0.4 is 4.74 Å². The lowest BCUT2D eigenvalue weighted by Gasteiger charge is -2.36. The Kier molecular flexibility index (Phi) is 4.36. The van der Waals surface area contributed by atoms with Crippen LogP contribution in [0.25, 0.3) is 11.4 Å². The number of halogens is 1. The smallest absolute Gasteiger partial charge is 0.246 e. The zero-order valence-corrected chi connectivity index (χ0v) is 15.1. The highest BCUT2D eigenvalue weighted by Crippen LogP contribution is 2.35. The summed E-state index contributed by atoms with van der Waals surface area (Å²) in [5.74, 6) is -0.0315. The van der Waals surface area contributed by atoms with E-state index >= 15 is 0 Å². The fourth-order valence-corrected chi connectivity index (χ4v) is 4.49. The van der Waals surface area contributed by atoms with E-state index in [0.717, 1.165) is 12.1 Å². The van der Waals surface area contributed by atoms with Gasteiger partial charge in [-0.25, -0.2) is 12.8 Å². The number of sulfonamides is 1. The number of aromatic nitrogens is 3. The predicted octanol–water partition coefficient (Wildman–Crippen LogP) is 2.07. The lowest BCUT2D eigenvalue weighted by atomic mass is 10.0. The third kappa shape index (κ3) is 3.17. The summed E-state index contributed by atoms with van der Waals surface area (Å²) in [7, 11) is -2.55. The van der Waals surface area contributed by atoms with Gasteiger partial charge in [-0.15, -0.1) is 0 Å². The molecule has 3 aromatic rings. The number of ether oxygens (including phenoxy) is 1. The van der Waals surface area contributed by atoms with Gasteiger partial charge in [0.25, 0.3) is 0 Å². The minimum absolute atomic E-state index is 0.0940. The van der Waals surface area contributed by atoms with Gasteiger partial charge < -0.3 is 9.26 Å². The van der Waals surface area contributed by atoms with Crippen LogP contribution in [0.4, 0.5) is 4.39 Å². The van der Waals surface area contributed by atoms with Gasteiger partial charge in [-0.2, -0.15) is 9.29 Å². The molecule has 0 saturated carbocycles. The average molecular weight is 390 g/mol. The van der Waals surface area contributed by atoms with Crippen molar-refractivity contribution in [2.75, 3.05) is 20.2 Å². The summed E-state index contributed by atoms with van der Waals surface area (Å²) in [6.07, 6.45) is 3.25. The van der Waals surface area contributed by atoms with Crippen molar-refractivity contribution in [2.24, 2.45) is 0 Å². The maximum atomic E-state index is 13.5. The summed E-state index contributed by atoms with van der Waals surface area (Å²) in [6.45, 7) is 0.327. The second-order valence-electron chi connectivity index (χ2n) is 6.01. The lowest BCUT2D eigenvalue weighted by molar-refractivity contribution is 0.216. The van der Waals surface area contributed by atoms with Gasteiger partial charge in [0, 0.05) is 31.0 Å². The molecule has 2 aromatic heterocycles. The van der Waals surface area contributed by atoms with Crippen LogP contribution in [0.2, 0.25) is 0 Å². The molecule has 0 radical (unpaired) electrons. The van der Waals surface area contributed by atoms with Crippen LogP contribution in [0.15, 0.2) is 52.1 Å². The molecule has 1 aromatic carbocycles. The van der Waals surface area contributed by atoms with Crippen LogP contribution >= 0.6 is 0 Å². The van der Waals surface area contributed by atoms with Crippen molar-refractivity contribution in [3.8, 4) is 17.1 Å². The normalized spacial score (nSPS) is 15.5. The zero-order chi connectivity index (χ0) is 19.0. The van der Waals surface area contributed by atoms with Crippen molar-refractivity contribution < 1.29 is 22.1 Å². The maximum absolute atomic E-state index is 13.5. The van der Waals surface area contributed by atoms with Gasteiger partial charge in [0.15, 0.2) is 0 Å². The van der Waals surface area contributed by atoms with Crippen molar-refractivity contribution in [1.82, 2.24) is 19.4 Å². The van der Waals surface area contributed by atoms with E-state index in [1.165, 1.54) is 17.5 Å². The first-order valence-corrected chi connectivity index (χ1v) is 9.51. The molecule has 0 unspecified atom stereocenters. The van der Waals surface area contributed by atoms with Crippen LogP contribution in [0.1, 0.15) is 11.8 Å². The van der Waals surface area contributed by atoms with Gasteiger partial charge in [-0.1, -0.05) is 5.16 Å². The van der Waals surface area contributed by atoms with Gasteiger partial charge in [0.2, 0.25) is 21.7 Å². The first-order valence-electron chi connectivity index (χ1n) is 8.06. The van der Waals surface area contributed by atoms with Crippen LogP contribution in [0.5, 0.6) is 5.75 Å². The van der Waals surface area contributed by atoms with Crippen LogP contribution in [0.3, 0.4) is 0 Å².